The maximum atomic E-state index is 11.9. The van der Waals surface area contributed by atoms with Crippen molar-refractivity contribution in [2.24, 2.45) is 5.10 Å². The summed E-state index contributed by atoms with van der Waals surface area (Å²) in [5, 5.41) is 4.58. The number of nitrogens with one attached hydrogen (secondary N) is 1. The fourth-order valence-corrected chi connectivity index (χ4v) is 2.41. The molecule has 2 aromatic carbocycles. The quantitative estimate of drug-likeness (QED) is 0.537. The van der Waals surface area contributed by atoms with Crippen LogP contribution in [0.1, 0.15) is 24.5 Å². The Balaban J connectivity index is 1.96. The van der Waals surface area contributed by atoms with Gasteiger partial charge < -0.3 is 4.74 Å². The van der Waals surface area contributed by atoms with Crippen LogP contribution >= 0.6 is 27.5 Å². The number of rotatable bonds is 7. The molecular formula is C18H18BrClN2O2. The molecule has 0 aromatic heterocycles. The van der Waals surface area contributed by atoms with Gasteiger partial charge in [-0.05, 0) is 42.3 Å². The second-order valence-corrected chi connectivity index (χ2v) is 6.48. The molecule has 6 heteroatoms. The zero-order chi connectivity index (χ0) is 17.4. The van der Waals surface area contributed by atoms with E-state index in [-0.39, 0.29) is 12.3 Å². The summed E-state index contributed by atoms with van der Waals surface area (Å²) in [7, 11) is 0. The van der Waals surface area contributed by atoms with Gasteiger partial charge in [-0.2, -0.15) is 5.10 Å². The van der Waals surface area contributed by atoms with E-state index in [0.717, 1.165) is 22.0 Å². The molecule has 126 valence electrons. The highest BCUT2D eigenvalue weighted by Crippen LogP contribution is 2.21. The molecule has 2 aromatic rings. The van der Waals surface area contributed by atoms with E-state index in [1.165, 1.54) is 6.21 Å². The highest BCUT2D eigenvalue weighted by Gasteiger charge is 2.04. The van der Waals surface area contributed by atoms with Gasteiger partial charge in [0.25, 0.3) is 0 Å². The van der Waals surface area contributed by atoms with Crippen LogP contribution < -0.4 is 10.2 Å². The topological polar surface area (TPSA) is 50.7 Å². The smallest absolute Gasteiger partial charge is 0.244 e. The van der Waals surface area contributed by atoms with Crippen molar-refractivity contribution in [2.45, 2.75) is 19.8 Å². The number of ether oxygens (including phenoxy) is 1. The highest BCUT2D eigenvalue weighted by atomic mass is 79.9. The molecule has 1 N–H and O–H groups in total. The van der Waals surface area contributed by atoms with Crippen LogP contribution in [0, 0.1) is 0 Å². The third-order valence-corrected chi connectivity index (χ3v) is 3.87. The van der Waals surface area contributed by atoms with Gasteiger partial charge in [0.15, 0.2) is 0 Å². The summed E-state index contributed by atoms with van der Waals surface area (Å²) >= 11 is 9.37. The average Bonchev–Trinajstić information content (AvgIpc) is 2.56. The molecule has 0 radical (unpaired) electrons. The van der Waals surface area contributed by atoms with Crippen LogP contribution in [-0.4, -0.2) is 18.7 Å². The molecule has 0 saturated heterocycles. The first-order chi connectivity index (χ1) is 11.6. The summed E-state index contributed by atoms with van der Waals surface area (Å²) in [5.74, 6) is 0.499. The second kappa shape index (κ2) is 9.45. The predicted octanol–water partition coefficient (Wildman–Crippen LogP) is 4.58. The fraction of sp³-hybridized carbons (Fsp3) is 0.222. The van der Waals surface area contributed by atoms with Gasteiger partial charge in [-0.15, -0.1) is 0 Å². The molecule has 0 spiro atoms. The number of hydrazone groups is 1. The Labute approximate surface area is 155 Å². The fourth-order valence-electron chi connectivity index (χ4n) is 1.96. The van der Waals surface area contributed by atoms with E-state index in [1.807, 2.05) is 31.2 Å². The van der Waals surface area contributed by atoms with Gasteiger partial charge in [-0.25, -0.2) is 5.43 Å². The maximum absolute atomic E-state index is 11.9. The number of benzene rings is 2. The van der Waals surface area contributed by atoms with E-state index in [1.54, 1.807) is 18.2 Å². The molecule has 0 unspecified atom stereocenters. The predicted molar refractivity (Wildman–Crippen MR) is 101 cm³/mol. The Morgan fingerprint density at radius 1 is 1.29 bits per heavy atom. The summed E-state index contributed by atoms with van der Waals surface area (Å²) in [6, 6.07) is 12.9. The lowest BCUT2D eigenvalue weighted by Crippen LogP contribution is -2.19. The van der Waals surface area contributed by atoms with Crippen LogP contribution in [-0.2, 0) is 11.2 Å². The Morgan fingerprint density at radius 2 is 2.04 bits per heavy atom. The Kier molecular flexibility index (Phi) is 7.28. The van der Waals surface area contributed by atoms with E-state index in [0.29, 0.717) is 17.4 Å². The van der Waals surface area contributed by atoms with Crippen molar-refractivity contribution < 1.29 is 9.53 Å². The zero-order valence-electron chi connectivity index (χ0n) is 13.3. The lowest BCUT2D eigenvalue weighted by atomic mass is 10.1. The molecule has 0 fully saturated rings. The minimum Gasteiger partial charge on any atom is -0.493 e. The van der Waals surface area contributed by atoms with Crippen LogP contribution in [0.25, 0.3) is 0 Å². The minimum absolute atomic E-state index is 0.188. The second-order valence-electron chi connectivity index (χ2n) is 5.13. The molecule has 0 saturated carbocycles. The van der Waals surface area contributed by atoms with Crippen molar-refractivity contribution in [3.63, 3.8) is 0 Å². The summed E-state index contributed by atoms with van der Waals surface area (Å²) in [4.78, 5) is 11.9. The van der Waals surface area contributed by atoms with Crippen molar-refractivity contribution in [3.8, 4) is 5.75 Å². The zero-order valence-corrected chi connectivity index (χ0v) is 15.6. The van der Waals surface area contributed by atoms with Gasteiger partial charge in [-0.1, -0.05) is 46.6 Å². The van der Waals surface area contributed by atoms with Crippen LogP contribution in [0.15, 0.2) is 52.0 Å². The Bertz CT molecular complexity index is 717. The number of nitrogens with zero attached hydrogens (tertiary/aromatic N) is 1. The van der Waals surface area contributed by atoms with Gasteiger partial charge in [0.2, 0.25) is 5.91 Å². The molecule has 1 amide bonds. The van der Waals surface area contributed by atoms with E-state index >= 15 is 0 Å². The molecule has 2 rings (SSSR count). The third kappa shape index (κ3) is 5.98. The molecule has 0 bridgehead atoms. The number of halogens is 2. The van der Waals surface area contributed by atoms with Crippen molar-refractivity contribution >= 4 is 39.7 Å². The molecule has 0 aliphatic carbocycles. The lowest BCUT2D eigenvalue weighted by molar-refractivity contribution is -0.120. The third-order valence-electron chi connectivity index (χ3n) is 3.10. The van der Waals surface area contributed by atoms with Gasteiger partial charge in [-0.3, -0.25) is 4.79 Å². The van der Waals surface area contributed by atoms with Gasteiger partial charge in [0, 0.05) is 15.1 Å². The van der Waals surface area contributed by atoms with E-state index in [9.17, 15) is 4.79 Å². The number of carbonyl (C=O) groups is 1. The average molecular weight is 410 g/mol. The van der Waals surface area contributed by atoms with Crippen LogP contribution in [0.5, 0.6) is 5.75 Å². The van der Waals surface area contributed by atoms with E-state index < -0.39 is 0 Å². The molecule has 0 atom stereocenters. The first-order valence-corrected chi connectivity index (χ1v) is 8.74. The van der Waals surface area contributed by atoms with Crippen molar-refractivity contribution in [3.05, 3.63) is 63.1 Å². The maximum Gasteiger partial charge on any atom is 0.244 e. The minimum atomic E-state index is -0.188. The summed E-state index contributed by atoms with van der Waals surface area (Å²) in [6.07, 6.45) is 2.71. The SMILES string of the molecule is CCCOc1ccc(Cl)cc1/C=N/NC(=O)Cc1ccc(Br)cc1. The summed E-state index contributed by atoms with van der Waals surface area (Å²) in [6.45, 7) is 2.64. The highest BCUT2D eigenvalue weighted by molar-refractivity contribution is 9.10. The van der Waals surface area contributed by atoms with Gasteiger partial charge in [0.05, 0.1) is 19.2 Å². The van der Waals surface area contributed by atoms with Gasteiger partial charge in [0.1, 0.15) is 5.75 Å². The van der Waals surface area contributed by atoms with Crippen LogP contribution in [0.3, 0.4) is 0 Å². The molecule has 0 aliphatic heterocycles. The molecule has 0 heterocycles. The summed E-state index contributed by atoms with van der Waals surface area (Å²) < 4.78 is 6.62. The normalized spacial score (nSPS) is 10.8. The van der Waals surface area contributed by atoms with Crippen molar-refractivity contribution in [1.82, 2.24) is 5.43 Å². The standard InChI is InChI=1S/C18H18BrClN2O2/c1-2-9-24-17-8-7-16(20)11-14(17)12-21-22-18(23)10-13-3-5-15(19)6-4-13/h3-8,11-12H,2,9-10H2,1H3,(H,22,23)/b21-12+. The number of hydrogen-bond acceptors (Lipinski definition) is 3. The summed E-state index contributed by atoms with van der Waals surface area (Å²) in [5.41, 5.74) is 4.16. The Morgan fingerprint density at radius 3 is 2.75 bits per heavy atom. The van der Waals surface area contributed by atoms with Crippen LogP contribution in [0.2, 0.25) is 5.02 Å². The van der Waals surface area contributed by atoms with Crippen molar-refractivity contribution in [1.29, 1.82) is 0 Å². The van der Waals surface area contributed by atoms with E-state index in [2.05, 4.69) is 26.5 Å². The number of hydrogen-bond donors (Lipinski definition) is 1. The first-order valence-electron chi connectivity index (χ1n) is 7.57. The Hall–Kier alpha value is -1.85. The van der Waals surface area contributed by atoms with E-state index in [4.69, 9.17) is 16.3 Å². The lowest BCUT2D eigenvalue weighted by Gasteiger charge is -2.08. The van der Waals surface area contributed by atoms with Crippen LogP contribution in [0.4, 0.5) is 0 Å². The molecule has 0 aliphatic rings. The van der Waals surface area contributed by atoms with Crippen molar-refractivity contribution in [2.75, 3.05) is 6.61 Å². The molecular weight excluding hydrogens is 392 g/mol. The molecule has 4 nitrogen and oxygen atoms in total. The van der Waals surface area contributed by atoms with Gasteiger partial charge >= 0.3 is 0 Å². The number of carbonyl (C=O) groups excluding carboxylic acids is 1. The largest absolute Gasteiger partial charge is 0.493 e. The monoisotopic (exact) mass is 408 g/mol. The first kappa shape index (κ1) is 18.5. The number of amides is 1. The molecule has 24 heavy (non-hydrogen) atoms.